The molecule has 2 aromatic heterocycles. The minimum Gasteiger partial charge on any atom is -0.310 e. The predicted molar refractivity (Wildman–Crippen MR) is 81.5 cm³/mol. The van der Waals surface area contributed by atoms with E-state index in [2.05, 4.69) is 61.4 Å². The quantitative estimate of drug-likeness (QED) is 0.902. The van der Waals surface area contributed by atoms with Gasteiger partial charge >= 0.3 is 0 Å². The Bertz CT molecular complexity index is 571. The molecule has 0 bridgehead atoms. The third-order valence-corrected chi connectivity index (χ3v) is 3.27. The van der Waals surface area contributed by atoms with Crippen LogP contribution in [-0.2, 0) is 12.1 Å². The van der Waals surface area contributed by atoms with E-state index >= 15 is 0 Å². The maximum Gasteiger partial charge on any atom is 0.0729 e. The van der Waals surface area contributed by atoms with E-state index < -0.39 is 0 Å². The summed E-state index contributed by atoms with van der Waals surface area (Å²) < 4.78 is 2.01. The Hall–Kier alpha value is -1.62. The van der Waals surface area contributed by atoms with Crippen molar-refractivity contribution in [3.05, 3.63) is 23.7 Å². The van der Waals surface area contributed by atoms with E-state index in [1.807, 2.05) is 17.8 Å². The van der Waals surface area contributed by atoms with Crippen LogP contribution in [-0.4, -0.2) is 26.0 Å². The van der Waals surface area contributed by atoms with Gasteiger partial charge in [0.1, 0.15) is 0 Å². The second kappa shape index (κ2) is 5.40. The van der Waals surface area contributed by atoms with E-state index in [1.54, 1.807) is 0 Å². The van der Waals surface area contributed by atoms with Crippen molar-refractivity contribution in [2.24, 2.45) is 0 Å². The van der Waals surface area contributed by atoms with Crippen molar-refractivity contribution in [2.75, 3.05) is 0 Å². The smallest absolute Gasteiger partial charge is 0.0729 e. The van der Waals surface area contributed by atoms with E-state index in [-0.39, 0.29) is 5.54 Å². The molecule has 0 amide bonds. The normalized spacial score (nSPS) is 12.3. The third kappa shape index (κ3) is 3.10. The molecule has 0 saturated carbocycles. The molecule has 0 aliphatic heterocycles. The minimum atomic E-state index is -0.0145. The van der Waals surface area contributed by atoms with Crippen LogP contribution in [0.1, 0.15) is 45.9 Å². The summed E-state index contributed by atoms with van der Waals surface area (Å²) in [6, 6.07) is 0.455. The van der Waals surface area contributed by atoms with Gasteiger partial charge in [-0.05, 0) is 27.7 Å². The Morgan fingerprint density at radius 1 is 1.35 bits per heavy atom. The van der Waals surface area contributed by atoms with Crippen molar-refractivity contribution in [3.63, 3.8) is 0 Å². The van der Waals surface area contributed by atoms with E-state index in [1.165, 1.54) is 5.56 Å². The van der Waals surface area contributed by atoms with Gasteiger partial charge in [-0.25, -0.2) is 0 Å². The maximum atomic E-state index is 4.62. The zero-order valence-electron chi connectivity index (χ0n) is 13.3. The predicted octanol–water partition coefficient (Wildman–Crippen LogP) is 2.83. The van der Waals surface area contributed by atoms with Gasteiger partial charge < -0.3 is 5.32 Å². The van der Waals surface area contributed by atoms with Crippen LogP contribution in [0.25, 0.3) is 11.3 Å². The van der Waals surface area contributed by atoms with E-state index in [0.29, 0.717) is 6.04 Å². The van der Waals surface area contributed by atoms with Crippen LogP contribution in [0.4, 0.5) is 0 Å². The molecule has 0 radical (unpaired) electrons. The van der Waals surface area contributed by atoms with Gasteiger partial charge in [0.25, 0.3) is 0 Å². The van der Waals surface area contributed by atoms with Crippen molar-refractivity contribution in [3.8, 4) is 11.3 Å². The van der Waals surface area contributed by atoms with Crippen molar-refractivity contribution < 1.29 is 0 Å². The van der Waals surface area contributed by atoms with Crippen molar-refractivity contribution >= 4 is 0 Å². The number of hydrogen-bond donors (Lipinski definition) is 2. The average Bonchev–Trinajstić information content (AvgIpc) is 2.91. The van der Waals surface area contributed by atoms with E-state index in [4.69, 9.17) is 0 Å². The van der Waals surface area contributed by atoms with Crippen LogP contribution >= 0.6 is 0 Å². The first-order chi connectivity index (χ1) is 9.29. The number of nitrogens with zero attached hydrogens (tertiary/aromatic N) is 3. The highest BCUT2D eigenvalue weighted by Gasteiger charge is 2.19. The van der Waals surface area contributed by atoms with Gasteiger partial charge in [0.15, 0.2) is 0 Å². The Morgan fingerprint density at radius 3 is 2.60 bits per heavy atom. The van der Waals surface area contributed by atoms with E-state index in [0.717, 1.165) is 23.5 Å². The number of aromatic amines is 1. The second-order valence-corrected chi connectivity index (χ2v) is 6.55. The Kier molecular flexibility index (Phi) is 3.99. The van der Waals surface area contributed by atoms with Crippen molar-refractivity contribution in [2.45, 2.75) is 59.7 Å². The lowest BCUT2D eigenvalue weighted by atomic mass is 10.1. The van der Waals surface area contributed by atoms with Crippen LogP contribution in [0.2, 0.25) is 0 Å². The molecule has 0 spiro atoms. The molecule has 0 aliphatic carbocycles. The summed E-state index contributed by atoms with van der Waals surface area (Å²) in [5.41, 5.74) is 4.37. The molecular formula is C15H25N5. The zero-order valence-corrected chi connectivity index (χ0v) is 13.3. The van der Waals surface area contributed by atoms with Crippen molar-refractivity contribution in [1.29, 1.82) is 0 Å². The molecule has 20 heavy (non-hydrogen) atoms. The van der Waals surface area contributed by atoms with Crippen LogP contribution in [0.3, 0.4) is 0 Å². The van der Waals surface area contributed by atoms with Crippen molar-refractivity contribution in [1.82, 2.24) is 25.3 Å². The van der Waals surface area contributed by atoms with Gasteiger partial charge in [0, 0.05) is 29.9 Å². The molecule has 0 aromatic carbocycles. The van der Waals surface area contributed by atoms with Crippen LogP contribution in [0.5, 0.6) is 0 Å². The molecule has 0 aliphatic rings. The average molecular weight is 275 g/mol. The highest BCUT2D eigenvalue weighted by atomic mass is 15.3. The molecule has 2 aromatic rings. The molecule has 0 saturated heterocycles. The lowest BCUT2D eigenvalue weighted by Crippen LogP contribution is -2.22. The Morgan fingerprint density at radius 2 is 2.05 bits per heavy atom. The summed E-state index contributed by atoms with van der Waals surface area (Å²) in [4.78, 5) is 0. The summed E-state index contributed by atoms with van der Waals surface area (Å²) in [7, 11) is 0. The molecule has 110 valence electrons. The van der Waals surface area contributed by atoms with Gasteiger partial charge in [0.05, 0.1) is 23.1 Å². The van der Waals surface area contributed by atoms with Gasteiger partial charge in [-0.2, -0.15) is 10.2 Å². The number of rotatable bonds is 4. The maximum absolute atomic E-state index is 4.62. The Balaban J connectivity index is 2.33. The molecule has 5 nitrogen and oxygen atoms in total. The first-order valence-corrected chi connectivity index (χ1v) is 7.12. The summed E-state index contributed by atoms with van der Waals surface area (Å²) in [6.45, 7) is 13.6. The minimum absolute atomic E-state index is 0.0145. The largest absolute Gasteiger partial charge is 0.310 e. The fraction of sp³-hybridized carbons (Fsp3) is 0.600. The number of aryl methyl sites for hydroxylation is 1. The lowest BCUT2D eigenvalue weighted by Gasteiger charge is -2.18. The monoisotopic (exact) mass is 275 g/mol. The van der Waals surface area contributed by atoms with E-state index in [9.17, 15) is 0 Å². The van der Waals surface area contributed by atoms with Gasteiger partial charge in [-0.3, -0.25) is 9.78 Å². The number of nitrogens with one attached hydrogen (secondary N) is 2. The molecule has 0 unspecified atom stereocenters. The first-order valence-electron chi connectivity index (χ1n) is 7.12. The standard InChI is InChI=1S/C15H25N5/c1-10(2)16-7-12-8-17-18-14(12)13-9-20(15(4,5)6)19-11(13)3/h8-10,16H,7H2,1-6H3,(H,17,18). The topological polar surface area (TPSA) is 58.5 Å². The summed E-state index contributed by atoms with van der Waals surface area (Å²) in [5, 5.41) is 15.3. The van der Waals surface area contributed by atoms with Gasteiger partial charge in [-0.1, -0.05) is 13.8 Å². The second-order valence-electron chi connectivity index (χ2n) is 6.55. The molecule has 2 heterocycles. The summed E-state index contributed by atoms with van der Waals surface area (Å²) in [5.74, 6) is 0. The van der Waals surface area contributed by atoms with Gasteiger partial charge in [0.2, 0.25) is 0 Å². The zero-order chi connectivity index (χ0) is 14.9. The first kappa shape index (κ1) is 14.8. The Labute approximate surface area is 120 Å². The van der Waals surface area contributed by atoms with Crippen LogP contribution in [0.15, 0.2) is 12.4 Å². The molecule has 0 atom stereocenters. The number of aromatic nitrogens is 4. The number of H-pyrrole nitrogens is 1. The highest BCUT2D eigenvalue weighted by molar-refractivity contribution is 5.64. The highest BCUT2D eigenvalue weighted by Crippen LogP contribution is 2.26. The van der Waals surface area contributed by atoms with Gasteiger partial charge in [-0.15, -0.1) is 0 Å². The fourth-order valence-electron chi connectivity index (χ4n) is 2.04. The number of hydrogen-bond acceptors (Lipinski definition) is 3. The lowest BCUT2D eigenvalue weighted by molar-refractivity contribution is 0.354. The van der Waals surface area contributed by atoms with Crippen LogP contribution < -0.4 is 5.32 Å². The molecule has 2 rings (SSSR count). The SMILES string of the molecule is Cc1nn(C(C)(C)C)cc1-c1[nH]ncc1CNC(C)C. The molecule has 0 fully saturated rings. The molecule has 5 heteroatoms. The third-order valence-electron chi connectivity index (χ3n) is 3.27. The fourth-order valence-corrected chi connectivity index (χ4v) is 2.04. The molecule has 2 N–H and O–H groups in total. The molecular weight excluding hydrogens is 250 g/mol. The van der Waals surface area contributed by atoms with Crippen LogP contribution in [0, 0.1) is 6.92 Å². The summed E-state index contributed by atoms with van der Waals surface area (Å²) >= 11 is 0. The summed E-state index contributed by atoms with van der Waals surface area (Å²) in [6.07, 6.45) is 3.99.